The Hall–Kier alpha value is -3.74. The minimum atomic E-state index is -0.486. The molecule has 0 unspecified atom stereocenters. The van der Waals surface area contributed by atoms with Crippen LogP contribution in [0.25, 0.3) is 21.9 Å². The number of nitrogens with one attached hydrogen (secondary N) is 1. The maximum absolute atomic E-state index is 12.2. The minimum Gasteiger partial charge on any atom is -0.461 e. The average molecular weight is 404 g/mol. The third kappa shape index (κ3) is 4.15. The van der Waals surface area contributed by atoms with Crippen molar-refractivity contribution in [2.24, 2.45) is 0 Å². The van der Waals surface area contributed by atoms with Crippen LogP contribution in [0.3, 0.4) is 0 Å². The molecule has 0 aliphatic carbocycles. The molecular weight excluding hydrogens is 384 g/mol. The summed E-state index contributed by atoms with van der Waals surface area (Å²) in [7, 11) is 0. The first-order chi connectivity index (χ1) is 14.5. The maximum Gasteiger partial charge on any atom is 0.336 e. The molecule has 0 fully saturated rings. The van der Waals surface area contributed by atoms with Crippen LogP contribution in [0.15, 0.2) is 62.5 Å². The second-order valence-corrected chi connectivity index (χ2v) is 6.97. The number of carbonyl (C=O) groups is 1. The van der Waals surface area contributed by atoms with Gasteiger partial charge in [-0.25, -0.2) is 9.78 Å². The van der Waals surface area contributed by atoms with Crippen LogP contribution in [0.2, 0.25) is 0 Å². The van der Waals surface area contributed by atoms with E-state index in [1.807, 2.05) is 25.1 Å². The van der Waals surface area contributed by atoms with E-state index in [9.17, 15) is 14.4 Å². The van der Waals surface area contributed by atoms with Gasteiger partial charge in [0, 0.05) is 23.4 Å². The van der Waals surface area contributed by atoms with Gasteiger partial charge >= 0.3 is 11.6 Å². The number of H-pyrrole nitrogens is 1. The molecule has 0 bridgehead atoms. The van der Waals surface area contributed by atoms with E-state index in [4.69, 9.17) is 9.15 Å². The zero-order valence-corrected chi connectivity index (χ0v) is 16.4. The number of fused-ring (bicyclic) bond motifs is 2. The van der Waals surface area contributed by atoms with Crippen molar-refractivity contribution in [2.45, 2.75) is 32.8 Å². The summed E-state index contributed by atoms with van der Waals surface area (Å²) in [5.41, 5.74) is 1.98. The van der Waals surface area contributed by atoms with Gasteiger partial charge in [0.05, 0.1) is 17.3 Å². The van der Waals surface area contributed by atoms with Gasteiger partial charge in [0.25, 0.3) is 5.56 Å². The number of ether oxygens (including phenoxy) is 1. The van der Waals surface area contributed by atoms with E-state index in [0.717, 1.165) is 17.4 Å². The summed E-state index contributed by atoms with van der Waals surface area (Å²) < 4.78 is 10.6. The number of rotatable bonds is 6. The normalized spacial score (nSPS) is 11.1. The van der Waals surface area contributed by atoms with Crippen LogP contribution in [-0.2, 0) is 29.0 Å². The van der Waals surface area contributed by atoms with Gasteiger partial charge in [-0.2, -0.15) is 0 Å². The molecule has 0 atom stereocenters. The van der Waals surface area contributed by atoms with Gasteiger partial charge in [-0.3, -0.25) is 9.59 Å². The number of esters is 1. The summed E-state index contributed by atoms with van der Waals surface area (Å²) in [6.45, 7) is 1.98. The fourth-order valence-corrected chi connectivity index (χ4v) is 3.32. The highest BCUT2D eigenvalue weighted by atomic mass is 16.5. The molecule has 152 valence electrons. The summed E-state index contributed by atoms with van der Waals surface area (Å²) in [6.07, 6.45) is 1.13. The third-order valence-corrected chi connectivity index (χ3v) is 4.92. The van der Waals surface area contributed by atoms with E-state index in [0.29, 0.717) is 27.9 Å². The second-order valence-electron chi connectivity index (χ2n) is 6.97. The quantitative estimate of drug-likeness (QED) is 0.391. The fraction of sp³-hybridized carbons (Fsp3) is 0.217. The van der Waals surface area contributed by atoms with E-state index < -0.39 is 11.6 Å². The van der Waals surface area contributed by atoms with Crippen LogP contribution in [0.4, 0.5) is 0 Å². The van der Waals surface area contributed by atoms with Crippen molar-refractivity contribution in [3.63, 3.8) is 0 Å². The van der Waals surface area contributed by atoms with Crippen molar-refractivity contribution in [3.05, 3.63) is 86.3 Å². The van der Waals surface area contributed by atoms with Crippen molar-refractivity contribution < 1.29 is 13.9 Å². The summed E-state index contributed by atoms with van der Waals surface area (Å²) in [4.78, 5) is 43.2. The predicted molar refractivity (Wildman–Crippen MR) is 112 cm³/mol. The Kier molecular flexibility index (Phi) is 5.43. The zero-order chi connectivity index (χ0) is 21.1. The molecule has 4 rings (SSSR count). The molecular formula is C23H20N2O5. The maximum atomic E-state index is 12.2. The van der Waals surface area contributed by atoms with Crippen LogP contribution >= 0.6 is 0 Å². The molecule has 7 heteroatoms. The number of para-hydroxylation sites is 1. The summed E-state index contributed by atoms with van der Waals surface area (Å²) in [5, 5.41) is 1.24. The Balaban J connectivity index is 1.44. The van der Waals surface area contributed by atoms with Crippen molar-refractivity contribution in [1.29, 1.82) is 0 Å². The molecule has 2 heterocycles. The Morgan fingerprint density at radius 3 is 2.77 bits per heavy atom. The Bertz CT molecular complexity index is 1350. The first-order valence-corrected chi connectivity index (χ1v) is 9.72. The third-order valence-electron chi connectivity index (χ3n) is 4.92. The number of hydrogen-bond acceptors (Lipinski definition) is 6. The van der Waals surface area contributed by atoms with Gasteiger partial charge < -0.3 is 14.1 Å². The molecule has 1 N–H and O–H groups in total. The van der Waals surface area contributed by atoms with E-state index >= 15 is 0 Å². The van der Waals surface area contributed by atoms with Gasteiger partial charge in [-0.05, 0) is 30.2 Å². The summed E-state index contributed by atoms with van der Waals surface area (Å²) in [6, 6.07) is 14.0. The van der Waals surface area contributed by atoms with Gasteiger partial charge in [0.1, 0.15) is 18.0 Å². The molecule has 30 heavy (non-hydrogen) atoms. The first kappa shape index (κ1) is 19.6. The van der Waals surface area contributed by atoms with Gasteiger partial charge in [0.15, 0.2) is 0 Å². The standard InChI is InChI=1S/C23H20N2O5/c1-2-14-7-8-16-15(12-22(27)30-19(16)11-14)13-29-21(26)10-9-20-24-18-6-4-3-5-17(18)23(28)25-20/h3-8,11-12H,2,9-10,13H2,1H3,(H,24,25,28). The number of aromatic nitrogens is 2. The molecule has 4 aromatic rings. The van der Waals surface area contributed by atoms with Crippen LogP contribution in [-0.4, -0.2) is 15.9 Å². The van der Waals surface area contributed by atoms with E-state index in [2.05, 4.69) is 9.97 Å². The number of carbonyl (C=O) groups excluding carboxylic acids is 1. The van der Waals surface area contributed by atoms with Gasteiger partial charge in [-0.1, -0.05) is 31.2 Å². The predicted octanol–water partition coefficient (Wildman–Crippen LogP) is 3.27. The lowest BCUT2D eigenvalue weighted by molar-refractivity contribution is -0.144. The van der Waals surface area contributed by atoms with Crippen molar-refractivity contribution in [1.82, 2.24) is 9.97 Å². The van der Waals surface area contributed by atoms with Crippen LogP contribution in [0.5, 0.6) is 0 Å². The number of benzene rings is 2. The molecule has 0 aliphatic rings. The Morgan fingerprint density at radius 2 is 1.93 bits per heavy atom. The van der Waals surface area contributed by atoms with Crippen molar-refractivity contribution in [2.75, 3.05) is 0 Å². The monoisotopic (exact) mass is 404 g/mol. The average Bonchev–Trinajstić information content (AvgIpc) is 2.75. The fourth-order valence-electron chi connectivity index (χ4n) is 3.32. The Morgan fingerprint density at radius 1 is 1.10 bits per heavy atom. The molecule has 0 radical (unpaired) electrons. The largest absolute Gasteiger partial charge is 0.461 e. The van der Waals surface area contributed by atoms with Crippen molar-refractivity contribution in [3.8, 4) is 0 Å². The number of nitrogens with zero attached hydrogens (tertiary/aromatic N) is 1. The lowest BCUT2D eigenvalue weighted by atomic mass is 10.1. The Labute approximate surface area is 171 Å². The highest BCUT2D eigenvalue weighted by molar-refractivity contribution is 5.81. The highest BCUT2D eigenvalue weighted by Gasteiger charge is 2.11. The van der Waals surface area contributed by atoms with E-state index in [-0.39, 0.29) is 25.0 Å². The second kappa shape index (κ2) is 8.32. The number of hydrogen-bond donors (Lipinski definition) is 1. The van der Waals surface area contributed by atoms with E-state index in [1.165, 1.54) is 6.07 Å². The molecule has 7 nitrogen and oxygen atoms in total. The molecule has 0 spiro atoms. The molecule has 2 aromatic carbocycles. The van der Waals surface area contributed by atoms with Gasteiger partial charge in [0.2, 0.25) is 0 Å². The summed E-state index contributed by atoms with van der Waals surface area (Å²) in [5.74, 6) is -0.0223. The molecule has 0 saturated heterocycles. The lowest BCUT2D eigenvalue weighted by Gasteiger charge is -2.08. The molecule has 0 aliphatic heterocycles. The highest BCUT2D eigenvalue weighted by Crippen LogP contribution is 2.20. The molecule has 0 saturated carbocycles. The first-order valence-electron chi connectivity index (χ1n) is 9.72. The SMILES string of the molecule is CCc1ccc2c(COC(=O)CCc3nc4ccccc4c(=O)[nH]3)cc(=O)oc2c1. The van der Waals surface area contributed by atoms with Crippen molar-refractivity contribution >= 4 is 27.8 Å². The van der Waals surface area contributed by atoms with Crippen LogP contribution < -0.4 is 11.2 Å². The topological polar surface area (TPSA) is 102 Å². The number of aromatic amines is 1. The smallest absolute Gasteiger partial charge is 0.336 e. The van der Waals surface area contributed by atoms with E-state index in [1.54, 1.807) is 24.3 Å². The van der Waals surface area contributed by atoms with Crippen LogP contribution in [0, 0.1) is 0 Å². The lowest BCUT2D eigenvalue weighted by Crippen LogP contribution is -2.14. The van der Waals surface area contributed by atoms with Gasteiger partial charge in [-0.15, -0.1) is 0 Å². The minimum absolute atomic E-state index is 0.0337. The molecule has 2 aromatic heterocycles. The summed E-state index contributed by atoms with van der Waals surface area (Å²) >= 11 is 0. The zero-order valence-electron chi connectivity index (χ0n) is 16.4. The molecule has 0 amide bonds. The number of aryl methyl sites for hydroxylation is 2. The van der Waals surface area contributed by atoms with Crippen LogP contribution in [0.1, 0.15) is 30.3 Å².